The minimum Gasteiger partial charge on any atom is -0.333 e. The minimum atomic E-state index is -3.51. The number of amides is 1. The van der Waals surface area contributed by atoms with E-state index in [-0.39, 0.29) is 5.91 Å². The van der Waals surface area contributed by atoms with E-state index in [4.69, 9.17) is 0 Å². The maximum atomic E-state index is 13.9. The number of rotatable bonds is 4. The first kappa shape index (κ1) is 25.9. The van der Waals surface area contributed by atoms with E-state index in [1.165, 1.54) is 16.1 Å². The maximum Gasteiger partial charge on any atom is 0.255 e. The molecule has 0 radical (unpaired) electrons. The van der Waals surface area contributed by atoms with Gasteiger partial charge in [0.15, 0.2) is 0 Å². The van der Waals surface area contributed by atoms with Gasteiger partial charge in [0.1, 0.15) is 0 Å². The van der Waals surface area contributed by atoms with E-state index >= 15 is 0 Å². The molecule has 0 bridgehead atoms. The van der Waals surface area contributed by atoms with Gasteiger partial charge in [0.2, 0.25) is 10.0 Å². The molecular formula is C30H32N4O3S. The standard InChI is InChI=1S/C30H32N4O3S/c1-38(36,37)34-17-9-16-32(22-24-10-3-2-4-11-24)18-19-33(23-26-13-6-8-15-29(26)34)30(35)27-20-25-12-5-7-14-28(25)31-21-27/h2-8,10-15,20-21H,9,16-19,22-23H2,1H3. The van der Waals surface area contributed by atoms with E-state index in [2.05, 4.69) is 22.0 Å². The van der Waals surface area contributed by atoms with Crippen molar-refractivity contribution >= 4 is 32.5 Å². The summed E-state index contributed by atoms with van der Waals surface area (Å²) in [6.07, 6.45) is 3.55. The van der Waals surface area contributed by atoms with Crippen LogP contribution in [0.15, 0.2) is 91.1 Å². The lowest BCUT2D eigenvalue weighted by Crippen LogP contribution is -2.38. The summed E-state index contributed by atoms with van der Waals surface area (Å²) in [6.45, 7) is 3.29. The van der Waals surface area contributed by atoms with Crippen LogP contribution in [0.1, 0.15) is 27.9 Å². The summed E-state index contributed by atoms with van der Waals surface area (Å²) >= 11 is 0. The first-order valence-corrected chi connectivity index (χ1v) is 14.7. The van der Waals surface area contributed by atoms with Crippen LogP contribution in [0.4, 0.5) is 5.69 Å². The molecule has 0 saturated heterocycles. The van der Waals surface area contributed by atoms with Crippen LogP contribution >= 0.6 is 0 Å². The minimum absolute atomic E-state index is 0.122. The van der Waals surface area contributed by atoms with Crippen LogP contribution in [0.5, 0.6) is 0 Å². The van der Waals surface area contributed by atoms with E-state index in [9.17, 15) is 13.2 Å². The summed E-state index contributed by atoms with van der Waals surface area (Å²) in [6, 6.07) is 27.3. The van der Waals surface area contributed by atoms with Gasteiger partial charge in [0.25, 0.3) is 5.91 Å². The molecule has 3 aromatic carbocycles. The molecule has 7 nitrogen and oxygen atoms in total. The molecule has 0 atom stereocenters. The van der Waals surface area contributed by atoms with Gasteiger partial charge in [-0.2, -0.15) is 0 Å². The fourth-order valence-electron chi connectivity index (χ4n) is 4.99. The Labute approximate surface area is 224 Å². The second kappa shape index (κ2) is 11.3. The number of hydrogen-bond donors (Lipinski definition) is 0. The number of anilines is 1. The van der Waals surface area contributed by atoms with Gasteiger partial charge in [-0.3, -0.25) is 19.0 Å². The Morgan fingerprint density at radius 2 is 1.61 bits per heavy atom. The number of carbonyl (C=O) groups excluding carboxylic acids is 1. The summed E-state index contributed by atoms with van der Waals surface area (Å²) < 4.78 is 27.2. The van der Waals surface area contributed by atoms with Crippen molar-refractivity contribution in [3.05, 3.63) is 108 Å². The average Bonchev–Trinajstić information content (AvgIpc) is 2.96. The number of nitrogens with zero attached hydrogens (tertiary/aromatic N) is 4. The number of pyridine rings is 1. The number of carbonyl (C=O) groups is 1. The Kier molecular flexibility index (Phi) is 7.72. The quantitative estimate of drug-likeness (QED) is 0.389. The second-order valence-corrected chi connectivity index (χ2v) is 11.6. The van der Waals surface area contributed by atoms with Gasteiger partial charge in [-0.1, -0.05) is 66.7 Å². The molecule has 0 aliphatic carbocycles. The fraction of sp³-hybridized carbons (Fsp3) is 0.267. The predicted molar refractivity (Wildman–Crippen MR) is 151 cm³/mol. The Hall–Kier alpha value is -3.75. The lowest BCUT2D eigenvalue weighted by Gasteiger charge is -2.28. The third kappa shape index (κ3) is 6.03. The largest absolute Gasteiger partial charge is 0.333 e. The van der Waals surface area contributed by atoms with Gasteiger partial charge in [-0.15, -0.1) is 0 Å². The zero-order valence-electron chi connectivity index (χ0n) is 21.5. The summed E-state index contributed by atoms with van der Waals surface area (Å²) in [5.41, 5.74) is 3.97. The molecule has 1 aromatic heterocycles. The lowest BCUT2D eigenvalue weighted by atomic mass is 10.1. The molecule has 196 valence electrons. The first-order chi connectivity index (χ1) is 18.4. The summed E-state index contributed by atoms with van der Waals surface area (Å²) in [7, 11) is -3.51. The zero-order chi connectivity index (χ0) is 26.5. The monoisotopic (exact) mass is 528 g/mol. The first-order valence-electron chi connectivity index (χ1n) is 12.8. The van der Waals surface area contributed by atoms with Crippen molar-refractivity contribution in [2.24, 2.45) is 0 Å². The van der Waals surface area contributed by atoms with Crippen LogP contribution in [0.25, 0.3) is 10.9 Å². The molecule has 0 unspecified atom stereocenters. The molecule has 0 spiro atoms. The van der Waals surface area contributed by atoms with E-state index in [1.807, 2.05) is 77.7 Å². The molecule has 1 amide bonds. The maximum absolute atomic E-state index is 13.9. The van der Waals surface area contributed by atoms with Crippen LogP contribution < -0.4 is 4.31 Å². The average molecular weight is 529 g/mol. The van der Waals surface area contributed by atoms with Crippen LogP contribution in [0, 0.1) is 0 Å². The number of hydrogen-bond acceptors (Lipinski definition) is 5. The Morgan fingerprint density at radius 1 is 0.868 bits per heavy atom. The molecule has 5 rings (SSSR count). The third-order valence-corrected chi connectivity index (χ3v) is 8.10. The molecule has 0 fully saturated rings. The van der Waals surface area contributed by atoms with Crippen molar-refractivity contribution in [1.82, 2.24) is 14.8 Å². The zero-order valence-corrected chi connectivity index (χ0v) is 22.3. The van der Waals surface area contributed by atoms with Crippen molar-refractivity contribution in [3.8, 4) is 0 Å². The number of aromatic nitrogens is 1. The van der Waals surface area contributed by atoms with Crippen molar-refractivity contribution < 1.29 is 13.2 Å². The van der Waals surface area contributed by atoms with Crippen molar-refractivity contribution in [2.45, 2.75) is 19.5 Å². The highest BCUT2D eigenvalue weighted by Gasteiger charge is 2.25. The summed E-state index contributed by atoms with van der Waals surface area (Å²) in [4.78, 5) is 22.5. The van der Waals surface area contributed by atoms with E-state index < -0.39 is 10.0 Å². The van der Waals surface area contributed by atoms with Gasteiger partial charge in [-0.05, 0) is 35.7 Å². The topological polar surface area (TPSA) is 73.8 Å². The summed E-state index contributed by atoms with van der Waals surface area (Å²) in [5, 5.41) is 0.908. The Morgan fingerprint density at radius 3 is 2.42 bits per heavy atom. The molecule has 1 aliphatic heterocycles. The molecule has 8 heteroatoms. The van der Waals surface area contributed by atoms with Gasteiger partial charge in [0.05, 0.1) is 23.0 Å². The molecule has 0 N–H and O–H groups in total. The normalized spacial score (nSPS) is 15.6. The Balaban J connectivity index is 1.51. The molecule has 0 saturated carbocycles. The summed E-state index contributed by atoms with van der Waals surface area (Å²) in [5.74, 6) is -0.122. The number of benzene rings is 3. The van der Waals surface area contributed by atoms with Crippen LogP contribution in [0.3, 0.4) is 0 Å². The predicted octanol–water partition coefficient (Wildman–Crippen LogP) is 4.55. The smallest absolute Gasteiger partial charge is 0.255 e. The SMILES string of the molecule is CS(=O)(=O)N1CCCN(Cc2ccccc2)CCN(C(=O)c2cnc3ccccc3c2)Cc2ccccc21. The van der Waals surface area contributed by atoms with E-state index in [1.54, 1.807) is 6.20 Å². The van der Waals surface area contributed by atoms with Crippen molar-refractivity contribution in [3.63, 3.8) is 0 Å². The highest BCUT2D eigenvalue weighted by atomic mass is 32.2. The molecule has 1 aliphatic rings. The molecular weight excluding hydrogens is 496 g/mol. The van der Waals surface area contributed by atoms with Gasteiger partial charge < -0.3 is 4.90 Å². The van der Waals surface area contributed by atoms with E-state index in [0.717, 1.165) is 23.0 Å². The third-order valence-electron chi connectivity index (χ3n) is 6.92. The highest BCUT2D eigenvalue weighted by molar-refractivity contribution is 7.92. The van der Waals surface area contributed by atoms with E-state index in [0.29, 0.717) is 50.4 Å². The molecule has 38 heavy (non-hydrogen) atoms. The van der Waals surface area contributed by atoms with Gasteiger partial charge in [0, 0.05) is 50.9 Å². The number of fused-ring (bicyclic) bond motifs is 2. The molecule has 4 aromatic rings. The Bertz CT molecular complexity index is 1530. The molecule has 2 heterocycles. The number of sulfonamides is 1. The lowest BCUT2D eigenvalue weighted by molar-refractivity contribution is 0.0720. The van der Waals surface area contributed by atoms with Crippen LogP contribution in [-0.4, -0.2) is 61.5 Å². The number of para-hydroxylation sites is 2. The van der Waals surface area contributed by atoms with Gasteiger partial charge >= 0.3 is 0 Å². The van der Waals surface area contributed by atoms with Crippen molar-refractivity contribution in [1.29, 1.82) is 0 Å². The second-order valence-electron chi connectivity index (χ2n) is 9.72. The van der Waals surface area contributed by atoms with Crippen LogP contribution in [-0.2, 0) is 23.1 Å². The van der Waals surface area contributed by atoms with Crippen LogP contribution in [0.2, 0.25) is 0 Å². The van der Waals surface area contributed by atoms with Crippen molar-refractivity contribution in [2.75, 3.05) is 36.7 Å². The fourth-order valence-corrected chi connectivity index (χ4v) is 5.99. The highest BCUT2D eigenvalue weighted by Crippen LogP contribution is 2.26. The van der Waals surface area contributed by atoms with Gasteiger partial charge in [-0.25, -0.2) is 8.42 Å².